The van der Waals surface area contributed by atoms with Gasteiger partial charge in [-0.05, 0) is 25.0 Å². The van der Waals surface area contributed by atoms with Crippen molar-refractivity contribution in [1.29, 1.82) is 0 Å². The Morgan fingerprint density at radius 3 is 2.68 bits per heavy atom. The molecule has 22 heavy (non-hydrogen) atoms. The van der Waals surface area contributed by atoms with Crippen molar-refractivity contribution >= 4 is 21.8 Å². The van der Waals surface area contributed by atoms with Crippen molar-refractivity contribution in [2.24, 2.45) is 4.40 Å². The van der Waals surface area contributed by atoms with Crippen molar-refractivity contribution in [3.05, 3.63) is 23.9 Å². The third kappa shape index (κ3) is 3.07. The van der Waals surface area contributed by atoms with E-state index in [-0.39, 0.29) is 17.8 Å². The molecule has 1 saturated heterocycles. The Labute approximate surface area is 130 Å². The van der Waals surface area contributed by atoms with Gasteiger partial charge in [-0.1, -0.05) is 0 Å². The van der Waals surface area contributed by atoms with Gasteiger partial charge in [0.1, 0.15) is 5.84 Å². The summed E-state index contributed by atoms with van der Waals surface area (Å²) in [6.45, 7) is 1.68. The average molecular weight is 325 g/mol. The predicted octanol–water partition coefficient (Wildman–Crippen LogP) is 0.121. The van der Waals surface area contributed by atoms with Crippen molar-refractivity contribution < 1.29 is 17.9 Å². The van der Waals surface area contributed by atoms with E-state index in [0.717, 1.165) is 12.8 Å². The minimum Gasteiger partial charge on any atom is -0.381 e. The second-order valence-corrected chi connectivity index (χ2v) is 7.33. The van der Waals surface area contributed by atoms with Gasteiger partial charge in [0, 0.05) is 32.9 Å². The number of fused-ring (bicyclic) bond motifs is 1. The minimum atomic E-state index is -3.36. The van der Waals surface area contributed by atoms with E-state index in [0.29, 0.717) is 31.0 Å². The topological polar surface area (TPSA) is 79.3 Å². The zero-order valence-electron chi connectivity index (χ0n) is 12.4. The molecule has 3 aliphatic heterocycles. The second kappa shape index (κ2) is 5.85. The van der Waals surface area contributed by atoms with Gasteiger partial charge in [-0.25, -0.2) is 8.42 Å². The Hall–Kier alpha value is -1.67. The fraction of sp³-hybridized carbons (Fsp3) is 0.571. The number of ether oxygens (including phenoxy) is 1. The van der Waals surface area contributed by atoms with Crippen LogP contribution in [0.5, 0.6) is 0 Å². The van der Waals surface area contributed by atoms with Crippen LogP contribution in [0, 0.1) is 0 Å². The molecule has 0 saturated carbocycles. The number of hydrogen-bond donors (Lipinski definition) is 0. The van der Waals surface area contributed by atoms with Crippen LogP contribution in [0.4, 0.5) is 0 Å². The van der Waals surface area contributed by atoms with E-state index in [9.17, 15) is 13.2 Å². The molecule has 120 valence electrons. The molecule has 0 aromatic rings. The summed E-state index contributed by atoms with van der Waals surface area (Å²) in [5, 5.41) is 0. The molecule has 3 rings (SSSR count). The largest absolute Gasteiger partial charge is 0.381 e. The van der Waals surface area contributed by atoms with Crippen molar-refractivity contribution in [1.82, 2.24) is 9.80 Å². The molecule has 0 spiro atoms. The fourth-order valence-electron chi connectivity index (χ4n) is 2.80. The number of rotatable bonds is 2. The van der Waals surface area contributed by atoms with Crippen LogP contribution in [0.2, 0.25) is 0 Å². The van der Waals surface area contributed by atoms with Crippen LogP contribution < -0.4 is 0 Å². The smallest absolute Gasteiger partial charge is 0.256 e. The summed E-state index contributed by atoms with van der Waals surface area (Å²) >= 11 is 0. The number of carbonyl (C=O) groups is 1. The highest BCUT2D eigenvalue weighted by molar-refractivity contribution is 7.90. The van der Waals surface area contributed by atoms with E-state index in [1.54, 1.807) is 30.4 Å². The molecule has 1 fully saturated rings. The third-order valence-corrected chi connectivity index (χ3v) is 5.30. The first-order chi connectivity index (χ1) is 10.5. The van der Waals surface area contributed by atoms with E-state index < -0.39 is 10.0 Å². The number of sulfonamides is 1. The van der Waals surface area contributed by atoms with Gasteiger partial charge in [-0.15, -0.1) is 4.40 Å². The Morgan fingerprint density at radius 2 is 2.00 bits per heavy atom. The van der Waals surface area contributed by atoms with Crippen LogP contribution in [-0.4, -0.2) is 68.6 Å². The van der Waals surface area contributed by atoms with Crippen molar-refractivity contribution in [2.75, 3.05) is 32.5 Å². The maximum Gasteiger partial charge on any atom is 0.256 e. The Morgan fingerprint density at radius 1 is 1.27 bits per heavy atom. The Kier molecular flexibility index (Phi) is 4.05. The van der Waals surface area contributed by atoms with Crippen LogP contribution in [-0.2, 0) is 19.6 Å². The highest BCUT2D eigenvalue weighted by Gasteiger charge is 2.28. The van der Waals surface area contributed by atoms with Crippen LogP contribution in [0.1, 0.15) is 12.8 Å². The highest BCUT2D eigenvalue weighted by Crippen LogP contribution is 2.20. The van der Waals surface area contributed by atoms with Gasteiger partial charge in [0.2, 0.25) is 0 Å². The molecule has 0 aliphatic carbocycles. The number of hydrogen-bond acceptors (Lipinski definition) is 5. The fourth-order valence-corrected chi connectivity index (χ4v) is 3.77. The first-order valence-corrected chi connectivity index (χ1v) is 8.91. The third-order valence-electron chi connectivity index (χ3n) is 4.13. The summed E-state index contributed by atoms with van der Waals surface area (Å²) in [5.41, 5.74) is 0.564. The van der Waals surface area contributed by atoms with E-state index in [1.165, 1.54) is 0 Å². The zero-order chi connectivity index (χ0) is 15.7. The number of likely N-dealkylation sites (tertiary alicyclic amines) is 1. The minimum absolute atomic E-state index is 0.0262. The quantitative estimate of drug-likeness (QED) is 0.720. The summed E-state index contributed by atoms with van der Waals surface area (Å²) in [4.78, 5) is 16.1. The first kappa shape index (κ1) is 15.2. The van der Waals surface area contributed by atoms with E-state index in [1.807, 2.05) is 4.90 Å². The standard InChI is InChI=1S/C14H19N3O4S/c1-21-12-4-6-16(7-5-12)14(18)11-2-3-13-15-22(19,20)9-8-17(13)10-11/h2-3,10,12H,4-9H2,1H3. The lowest BCUT2D eigenvalue weighted by molar-refractivity contribution is -0.129. The summed E-state index contributed by atoms with van der Waals surface area (Å²) in [6.07, 6.45) is 6.83. The molecule has 0 unspecified atom stereocenters. The van der Waals surface area contributed by atoms with Crippen LogP contribution in [0.25, 0.3) is 0 Å². The van der Waals surface area contributed by atoms with Crippen molar-refractivity contribution in [3.8, 4) is 0 Å². The Bertz CT molecular complexity index is 658. The lowest BCUT2D eigenvalue weighted by atomic mass is 10.1. The Balaban J connectivity index is 1.71. The molecule has 0 bridgehead atoms. The SMILES string of the molecule is COC1CCN(C(=O)C2=CN3CCS(=O)(=O)N=C3C=C2)CC1. The molecular weight excluding hydrogens is 306 g/mol. The molecule has 3 heterocycles. The van der Waals surface area contributed by atoms with Crippen molar-refractivity contribution in [2.45, 2.75) is 18.9 Å². The molecule has 8 heteroatoms. The summed E-state index contributed by atoms with van der Waals surface area (Å²) in [7, 11) is -1.67. The van der Waals surface area contributed by atoms with Crippen LogP contribution >= 0.6 is 0 Å². The highest BCUT2D eigenvalue weighted by atomic mass is 32.2. The van der Waals surface area contributed by atoms with E-state index in [4.69, 9.17) is 4.74 Å². The number of nitrogens with zero attached hydrogens (tertiary/aromatic N) is 3. The molecule has 0 atom stereocenters. The van der Waals surface area contributed by atoms with E-state index >= 15 is 0 Å². The lowest BCUT2D eigenvalue weighted by Crippen LogP contribution is -2.43. The zero-order valence-corrected chi connectivity index (χ0v) is 13.3. The molecular formula is C14H19N3O4S. The molecule has 0 radical (unpaired) electrons. The predicted molar refractivity (Wildman–Crippen MR) is 81.8 cm³/mol. The molecule has 0 aromatic heterocycles. The maximum absolute atomic E-state index is 12.5. The number of methoxy groups -OCH3 is 1. The summed E-state index contributed by atoms with van der Waals surface area (Å²) in [5.74, 6) is 0.320. The molecule has 1 amide bonds. The molecule has 3 aliphatic rings. The van der Waals surface area contributed by atoms with Gasteiger partial charge in [-0.2, -0.15) is 0 Å². The van der Waals surface area contributed by atoms with Crippen molar-refractivity contribution in [3.63, 3.8) is 0 Å². The van der Waals surface area contributed by atoms with Gasteiger partial charge < -0.3 is 14.5 Å². The lowest BCUT2D eigenvalue weighted by Gasteiger charge is -2.33. The number of piperidine rings is 1. The number of amides is 1. The monoisotopic (exact) mass is 325 g/mol. The van der Waals surface area contributed by atoms with Crippen LogP contribution in [0.3, 0.4) is 0 Å². The van der Waals surface area contributed by atoms with Crippen LogP contribution in [0.15, 0.2) is 28.3 Å². The van der Waals surface area contributed by atoms with Gasteiger partial charge in [-0.3, -0.25) is 4.79 Å². The van der Waals surface area contributed by atoms with E-state index in [2.05, 4.69) is 4.40 Å². The first-order valence-electron chi connectivity index (χ1n) is 7.30. The van der Waals surface area contributed by atoms with Gasteiger partial charge in [0.25, 0.3) is 15.9 Å². The molecule has 0 N–H and O–H groups in total. The van der Waals surface area contributed by atoms with Gasteiger partial charge in [0.05, 0.1) is 17.4 Å². The normalized spacial score (nSPS) is 24.6. The second-order valence-electron chi connectivity index (χ2n) is 5.57. The number of carbonyl (C=O) groups excluding carboxylic acids is 1. The number of amidine groups is 1. The summed E-state index contributed by atoms with van der Waals surface area (Å²) < 4.78 is 32.0. The average Bonchev–Trinajstić information content (AvgIpc) is 2.53. The molecule has 0 aromatic carbocycles. The van der Waals surface area contributed by atoms with Gasteiger partial charge >= 0.3 is 0 Å². The molecule has 7 nitrogen and oxygen atoms in total. The van der Waals surface area contributed by atoms with Gasteiger partial charge in [0.15, 0.2) is 0 Å². The summed E-state index contributed by atoms with van der Waals surface area (Å²) in [6, 6.07) is 0. The maximum atomic E-state index is 12.5.